The maximum absolute atomic E-state index is 5.98. The number of rotatable bonds is 2. The Bertz CT molecular complexity index is 581. The van der Waals surface area contributed by atoms with Crippen molar-refractivity contribution < 1.29 is 0 Å². The van der Waals surface area contributed by atoms with Crippen molar-refractivity contribution in [2.24, 2.45) is 0 Å². The molecule has 0 atom stereocenters. The second-order valence-corrected chi connectivity index (χ2v) is 5.10. The Morgan fingerprint density at radius 3 is 2.45 bits per heavy atom. The molecule has 0 spiro atoms. The first-order valence-corrected chi connectivity index (χ1v) is 6.95. The van der Waals surface area contributed by atoms with E-state index in [9.17, 15) is 0 Å². The number of piperazine rings is 1. The zero-order valence-electron chi connectivity index (χ0n) is 11.0. The van der Waals surface area contributed by atoms with Crippen LogP contribution in [0, 0.1) is 0 Å². The highest BCUT2D eigenvalue weighted by Crippen LogP contribution is 2.24. The molecule has 1 fully saturated rings. The molecular formula is C14H16ClN5. The van der Waals surface area contributed by atoms with Crippen LogP contribution in [0.5, 0.6) is 0 Å². The molecule has 104 valence electrons. The molecule has 1 aliphatic heterocycles. The van der Waals surface area contributed by atoms with E-state index in [1.165, 1.54) is 0 Å². The monoisotopic (exact) mass is 289 g/mol. The Hall–Kier alpha value is -2.01. The highest BCUT2D eigenvalue weighted by molar-refractivity contribution is 6.29. The predicted molar refractivity (Wildman–Crippen MR) is 82.3 cm³/mol. The number of nitrogens with zero attached hydrogens (tertiary/aromatic N) is 4. The van der Waals surface area contributed by atoms with E-state index in [0.29, 0.717) is 10.8 Å². The van der Waals surface area contributed by atoms with Crippen molar-refractivity contribution in [2.45, 2.75) is 0 Å². The van der Waals surface area contributed by atoms with Gasteiger partial charge in [-0.15, -0.1) is 0 Å². The van der Waals surface area contributed by atoms with Crippen molar-refractivity contribution in [2.75, 3.05) is 41.7 Å². The third-order valence-electron chi connectivity index (χ3n) is 3.42. The average molecular weight is 290 g/mol. The summed E-state index contributed by atoms with van der Waals surface area (Å²) in [7, 11) is 0. The maximum atomic E-state index is 5.98. The molecule has 20 heavy (non-hydrogen) atoms. The minimum atomic E-state index is 0.473. The van der Waals surface area contributed by atoms with Crippen molar-refractivity contribution in [3.63, 3.8) is 0 Å². The fourth-order valence-corrected chi connectivity index (χ4v) is 2.52. The van der Waals surface area contributed by atoms with Gasteiger partial charge >= 0.3 is 0 Å². The smallest absolute Gasteiger partial charge is 0.153 e. The number of nitrogens with two attached hydrogens (primary N) is 1. The van der Waals surface area contributed by atoms with Crippen LogP contribution in [0.2, 0.25) is 5.15 Å². The molecule has 3 rings (SSSR count). The topological polar surface area (TPSA) is 58.3 Å². The summed E-state index contributed by atoms with van der Waals surface area (Å²) in [6.07, 6.45) is 1.82. The normalized spacial score (nSPS) is 15.4. The molecular weight excluding hydrogens is 274 g/mol. The molecule has 0 radical (unpaired) electrons. The summed E-state index contributed by atoms with van der Waals surface area (Å²) >= 11 is 5.95. The lowest BCUT2D eigenvalue weighted by molar-refractivity contribution is 0.642. The summed E-state index contributed by atoms with van der Waals surface area (Å²) in [6, 6.07) is 9.48. The van der Waals surface area contributed by atoms with Crippen LogP contribution in [-0.4, -0.2) is 36.1 Å². The van der Waals surface area contributed by atoms with Crippen molar-refractivity contribution >= 4 is 28.9 Å². The first-order chi connectivity index (χ1) is 9.74. The molecule has 1 aliphatic rings. The minimum absolute atomic E-state index is 0.473. The van der Waals surface area contributed by atoms with Crippen LogP contribution < -0.4 is 15.5 Å². The van der Waals surface area contributed by atoms with E-state index in [2.05, 4.69) is 19.8 Å². The molecule has 1 saturated heterocycles. The van der Waals surface area contributed by atoms with Crippen molar-refractivity contribution in [1.29, 1.82) is 0 Å². The highest BCUT2D eigenvalue weighted by atomic mass is 35.5. The van der Waals surface area contributed by atoms with Gasteiger partial charge in [-0.3, -0.25) is 0 Å². The number of nitrogen functional groups attached to an aromatic ring is 1. The van der Waals surface area contributed by atoms with Gasteiger partial charge in [0, 0.05) is 32.4 Å². The van der Waals surface area contributed by atoms with Crippen molar-refractivity contribution in [3.8, 4) is 0 Å². The fourth-order valence-electron chi connectivity index (χ4n) is 2.38. The van der Waals surface area contributed by atoms with E-state index in [4.69, 9.17) is 17.3 Å². The number of anilines is 3. The zero-order valence-corrected chi connectivity index (χ0v) is 11.8. The van der Waals surface area contributed by atoms with Gasteiger partial charge in [-0.25, -0.2) is 9.97 Å². The van der Waals surface area contributed by atoms with Crippen molar-refractivity contribution in [1.82, 2.24) is 9.97 Å². The lowest BCUT2D eigenvalue weighted by Crippen LogP contribution is -2.47. The van der Waals surface area contributed by atoms with Crippen LogP contribution in [0.15, 0.2) is 36.5 Å². The van der Waals surface area contributed by atoms with Gasteiger partial charge < -0.3 is 15.5 Å². The van der Waals surface area contributed by atoms with Gasteiger partial charge in [-0.2, -0.15) is 0 Å². The van der Waals surface area contributed by atoms with Gasteiger partial charge in [0.25, 0.3) is 0 Å². The van der Waals surface area contributed by atoms with Crippen LogP contribution in [0.1, 0.15) is 0 Å². The fraction of sp³-hybridized carbons (Fsp3) is 0.286. The number of aromatic nitrogens is 2. The van der Waals surface area contributed by atoms with E-state index >= 15 is 0 Å². The Balaban J connectivity index is 1.71. The van der Waals surface area contributed by atoms with Gasteiger partial charge in [0.1, 0.15) is 11.0 Å². The third-order valence-corrected chi connectivity index (χ3v) is 3.63. The number of pyridine rings is 2. The zero-order chi connectivity index (χ0) is 13.9. The Morgan fingerprint density at radius 2 is 1.75 bits per heavy atom. The SMILES string of the molecule is Nc1ccc(Cl)nc1N1CCN(c2ccccn2)CC1. The molecule has 6 heteroatoms. The summed E-state index contributed by atoms with van der Waals surface area (Å²) in [4.78, 5) is 13.1. The van der Waals surface area contributed by atoms with Crippen LogP contribution in [0.25, 0.3) is 0 Å². The van der Waals surface area contributed by atoms with Crippen LogP contribution in [0.3, 0.4) is 0 Å². The Labute approximate surface area is 123 Å². The maximum Gasteiger partial charge on any atom is 0.153 e. The number of hydrogen-bond donors (Lipinski definition) is 1. The molecule has 0 bridgehead atoms. The van der Waals surface area contributed by atoms with Gasteiger partial charge in [-0.1, -0.05) is 17.7 Å². The average Bonchev–Trinajstić information content (AvgIpc) is 2.51. The summed E-state index contributed by atoms with van der Waals surface area (Å²) in [6.45, 7) is 3.50. The lowest BCUT2D eigenvalue weighted by Gasteiger charge is -2.36. The van der Waals surface area contributed by atoms with E-state index in [1.807, 2.05) is 24.4 Å². The van der Waals surface area contributed by atoms with Crippen molar-refractivity contribution in [3.05, 3.63) is 41.7 Å². The molecule has 5 nitrogen and oxygen atoms in total. The first kappa shape index (κ1) is 13.0. The van der Waals surface area contributed by atoms with Gasteiger partial charge in [0.05, 0.1) is 5.69 Å². The molecule has 2 aromatic heterocycles. The molecule has 0 amide bonds. The molecule has 0 unspecified atom stereocenters. The summed E-state index contributed by atoms with van der Waals surface area (Å²) < 4.78 is 0. The molecule has 3 heterocycles. The standard InChI is InChI=1S/C14H16ClN5/c15-12-5-4-11(16)14(18-12)20-9-7-19(8-10-20)13-3-1-2-6-17-13/h1-6H,7-10,16H2. The summed E-state index contributed by atoms with van der Waals surface area (Å²) in [5.41, 5.74) is 6.64. The second-order valence-electron chi connectivity index (χ2n) is 4.71. The first-order valence-electron chi connectivity index (χ1n) is 6.57. The number of halogens is 1. The largest absolute Gasteiger partial charge is 0.396 e. The van der Waals surface area contributed by atoms with Crippen LogP contribution in [-0.2, 0) is 0 Å². The molecule has 0 saturated carbocycles. The Kier molecular flexibility index (Phi) is 3.60. The minimum Gasteiger partial charge on any atom is -0.396 e. The third kappa shape index (κ3) is 2.63. The van der Waals surface area contributed by atoms with E-state index in [0.717, 1.165) is 37.8 Å². The van der Waals surface area contributed by atoms with Crippen LogP contribution in [0.4, 0.5) is 17.3 Å². The molecule has 2 aromatic rings. The van der Waals surface area contributed by atoms with E-state index in [1.54, 1.807) is 12.1 Å². The van der Waals surface area contributed by atoms with Gasteiger partial charge in [-0.05, 0) is 24.3 Å². The molecule has 0 aromatic carbocycles. The quantitative estimate of drug-likeness (QED) is 0.858. The van der Waals surface area contributed by atoms with E-state index < -0.39 is 0 Å². The lowest BCUT2D eigenvalue weighted by atomic mass is 10.2. The van der Waals surface area contributed by atoms with Crippen LogP contribution >= 0.6 is 11.6 Å². The van der Waals surface area contributed by atoms with E-state index in [-0.39, 0.29) is 0 Å². The van der Waals surface area contributed by atoms with Gasteiger partial charge in [0.15, 0.2) is 5.82 Å². The second kappa shape index (κ2) is 5.54. The Morgan fingerprint density at radius 1 is 1.00 bits per heavy atom. The molecule has 0 aliphatic carbocycles. The predicted octanol–water partition coefficient (Wildman–Crippen LogP) is 2.04. The number of hydrogen-bond acceptors (Lipinski definition) is 5. The summed E-state index contributed by atoms with van der Waals surface area (Å²) in [5, 5.41) is 0.473. The molecule has 2 N–H and O–H groups in total. The van der Waals surface area contributed by atoms with Gasteiger partial charge in [0.2, 0.25) is 0 Å². The summed E-state index contributed by atoms with van der Waals surface area (Å²) in [5.74, 6) is 1.79. The highest BCUT2D eigenvalue weighted by Gasteiger charge is 2.20.